The first-order valence-corrected chi connectivity index (χ1v) is 6.32. The third-order valence-electron chi connectivity index (χ3n) is 2.52. The normalized spacial score (nSPS) is 10.4. The lowest BCUT2D eigenvalue weighted by Crippen LogP contribution is -1.99. The van der Waals surface area contributed by atoms with Crippen molar-refractivity contribution in [2.45, 2.75) is 6.92 Å². The Labute approximate surface area is 120 Å². The number of hydrogen-bond donors (Lipinski definition) is 2. The van der Waals surface area contributed by atoms with Crippen molar-refractivity contribution < 1.29 is 13.5 Å². The molecule has 0 aliphatic heterocycles. The Balaban J connectivity index is 2.35. The van der Waals surface area contributed by atoms with Gasteiger partial charge in [0.15, 0.2) is 5.82 Å². The molecule has 2 aromatic carbocycles. The van der Waals surface area contributed by atoms with E-state index in [0.29, 0.717) is 23.7 Å². The molecule has 0 spiro atoms. The molecule has 2 rings (SSSR count). The van der Waals surface area contributed by atoms with Crippen molar-refractivity contribution in [1.82, 2.24) is 0 Å². The second-order valence-electron chi connectivity index (χ2n) is 4.09. The van der Waals surface area contributed by atoms with Crippen LogP contribution < -0.4 is 15.8 Å². The van der Waals surface area contributed by atoms with Crippen LogP contribution in [0.2, 0.25) is 5.02 Å². The van der Waals surface area contributed by atoms with Crippen LogP contribution in [0.1, 0.15) is 6.92 Å². The Morgan fingerprint density at radius 3 is 2.60 bits per heavy atom. The van der Waals surface area contributed by atoms with Crippen LogP contribution in [0.3, 0.4) is 0 Å². The van der Waals surface area contributed by atoms with Gasteiger partial charge in [-0.15, -0.1) is 0 Å². The molecule has 0 heterocycles. The van der Waals surface area contributed by atoms with E-state index in [4.69, 9.17) is 22.1 Å². The maximum Gasteiger partial charge on any atom is 0.151 e. The number of nitrogen functional groups attached to an aromatic ring is 1. The standard InChI is InChI=1S/C14H13ClF2N2O/c1-2-20-11-6-9(18)5-10(7-11)19-14-12(15)3-8(16)4-13(14)17/h3-7,19H,2,18H2,1H3. The van der Waals surface area contributed by atoms with Crippen molar-refractivity contribution in [3.8, 4) is 5.75 Å². The number of rotatable bonds is 4. The summed E-state index contributed by atoms with van der Waals surface area (Å²) in [4.78, 5) is 0. The first-order chi connectivity index (χ1) is 9.49. The lowest BCUT2D eigenvalue weighted by Gasteiger charge is -2.12. The molecule has 0 unspecified atom stereocenters. The van der Waals surface area contributed by atoms with Gasteiger partial charge in [-0.05, 0) is 19.1 Å². The topological polar surface area (TPSA) is 47.3 Å². The Morgan fingerprint density at radius 2 is 1.95 bits per heavy atom. The van der Waals surface area contributed by atoms with Gasteiger partial charge in [0.05, 0.1) is 17.3 Å². The molecule has 3 N–H and O–H groups in total. The number of halogens is 3. The predicted molar refractivity (Wildman–Crippen MR) is 76.7 cm³/mol. The van der Waals surface area contributed by atoms with Gasteiger partial charge in [0, 0.05) is 29.6 Å². The Kier molecular flexibility index (Phi) is 4.29. The van der Waals surface area contributed by atoms with Crippen molar-refractivity contribution >= 4 is 28.7 Å². The zero-order valence-electron chi connectivity index (χ0n) is 10.7. The summed E-state index contributed by atoms with van der Waals surface area (Å²) in [5, 5.41) is 2.72. The molecule has 0 saturated carbocycles. The van der Waals surface area contributed by atoms with Crippen molar-refractivity contribution in [3.05, 3.63) is 47.0 Å². The van der Waals surface area contributed by atoms with Crippen LogP contribution in [-0.4, -0.2) is 6.61 Å². The number of nitrogens with one attached hydrogen (secondary N) is 1. The van der Waals surface area contributed by atoms with E-state index >= 15 is 0 Å². The molecular formula is C14H13ClF2N2O. The minimum absolute atomic E-state index is 0.0129. The quantitative estimate of drug-likeness (QED) is 0.825. The van der Waals surface area contributed by atoms with Gasteiger partial charge in [-0.2, -0.15) is 0 Å². The summed E-state index contributed by atoms with van der Waals surface area (Å²) < 4.78 is 32.0. The maximum absolute atomic E-state index is 13.7. The van der Waals surface area contributed by atoms with Crippen molar-refractivity contribution in [2.24, 2.45) is 0 Å². The van der Waals surface area contributed by atoms with Crippen LogP contribution in [0.5, 0.6) is 5.75 Å². The summed E-state index contributed by atoms with van der Waals surface area (Å²) in [5.41, 5.74) is 6.68. The van der Waals surface area contributed by atoms with E-state index in [1.165, 1.54) is 0 Å². The maximum atomic E-state index is 13.7. The summed E-state index contributed by atoms with van der Waals surface area (Å²) in [6.07, 6.45) is 0. The summed E-state index contributed by atoms with van der Waals surface area (Å²) in [6, 6.07) is 6.69. The van der Waals surface area contributed by atoms with Gasteiger partial charge in [0.1, 0.15) is 11.6 Å². The molecule has 3 nitrogen and oxygen atoms in total. The van der Waals surface area contributed by atoms with Crippen molar-refractivity contribution in [1.29, 1.82) is 0 Å². The number of nitrogens with two attached hydrogens (primary N) is 1. The molecular weight excluding hydrogens is 286 g/mol. The number of anilines is 3. The van der Waals surface area contributed by atoms with Crippen LogP contribution >= 0.6 is 11.6 Å². The smallest absolute Gasteiger partial charge is 0.151 e. The molecule has 0 amide bonds. The first-order valence-electron chi connectivity index (χ1n) is 5.94. The average Bonchev–Trinajstić information content (AvgIpc) is 2.33. The first kappa shape index (κ1) is 14.4. The van der Waals surface area contributed by atoms with E-state index in [2.05, 4.69) is 5.32 Å². The zero-order chi connectivity index (χ0) is 14.7. The van der Waals surface area contributed by atoms with Gasteiger partial charge in [-0.3, -0.25) is 0 Å². The molecule has 0 fully saturated rings. The second-order valence-corrected chi connectivity index (χ2v) is 4.50. The molecule has 0 radical (unpaired) electrons. The van der Waals surface area contributed by atoms with Gasteiger partial charge in [-0.1, -0.05) is 11.6 Å². The highest BCUT2D eigenvalue weighted by molar-refractivity contribution is 6.33. The lowest BCUT2D eigenvalue weighted by atomic mass is 10.2. The fourth-order valence-electron chi connectivity index (χ4n) is 1.75. The Bertz CT molecular complexity index is 612. The van der Waals surface area contributed by atoms with Crippen LogP contribution in [0.25, 0.3) is 0 Å². The largest absolute Gasteiger partial charge is 0.494 e. The average molecular weight is 299 g/mol. The SMILES string of the molecule is CCOc1cc(N)cc(Nc2c(F)cc(F)cc2Cl)c1. The van der Waals surface area contributed by atoms with Crippen molar-refractivity contribution in [2.75, 3.05) is 17.7 Å². The Morgan fingerprint density at radius 1 is 1.20 bits per heavy atom. The molecule has 0 bridgehead atoms. The highest BCUT2D eigenvalue weighted by atomic mass is 35.5. The lowest BCUT2D eigenvalue weighted by molar-refractivity contribution is 0.340. The van der Waals surface area contributed by atoms with E-state index in [1.807, 2.05) is 6.92 Å². The van der Waals surface area contributed by atoms with E-state index in [0.717, 1.165) is 12.1 Å². The number of ether oxygens (including phenoxy) is 1. The van der Waals surface area contributed by atoms with E-state index in [1.54, 1.807) is 18.2 Å². The summed E-state index contributed by atoms with van der Waals surface area (Å²) in [6.45, 7) is 2.32. The van der Waals surface area contributed by atoms with Gasteiger partial charge in [0.2, 0.25) is 0 Å². The molecule has 0 atom stereocenters. The molecule has 0 aliphatic carbocycles. The molecule has 0 saturated heterocycles. The highest BCUT2D eigenvalue weighted by Gasteiger charge is 2.11. The van der Waals surface area contributed by atoms with Crippen LogP contribution in [0.4, 0.5) is 25.8 Å². The molecule has 0 aliphatic rings. The molecule has 2 aromatic rings. The highest BCUT2D eigenvalue weighted by Crippen LogP contribution is 2.31. The van der Waals surface area contributed by atoms with Crippen molar-refractivity contribution in [3.63, 3.8) is 0 Å². The second kappa shape index (κ2) is 5.96. The minimum atomic E-state index is -0.782. The monoisotopic (exact) mass is 298 g/mol. The Hall–Kier alpha value is -2.01. The molecule has 0 aromatic heterocycles. The van der Waals surface area contributed by atoms with Gasteiger partial charge in [-0.25, -0.2) is 8.78 Å². The van der Waals surface area contributed by atoms with Crippen LogP contribution in [0, 0.1) is 11.6 Å². The fraction of sp³-hybridized carbons (Fsp3) is 0.143. The zero-order valence-corrected chi connectivity index (χ0v) is 11.5. The summed E-state index contributed by atoms with van der Waals surface area (Å²) in [5.74, 6) is -0.968. The third kappa shape index (κ3) is 3.30. The van der Waals surface area contributed by atoms with Gasteiger partial charge >= 0.3 is 0 Å². The predicted octanol–water partition coefficient (Wildman–Crippen LogP) is 4.34. The molecule has 106 valence electrons. The summed E-state index contributed by atoms with van der Waals surface area (Å²) in [7, 11) is 0. The van der Waals surface area contributed by atoms with Crippen LogP contribution in [-0.2, 0) is 0 Å². The van der Waals surface area contributed by atoms with Gasteiger partial charge in [0.25, 0.3) is 0 Å². The van der Waals surface area contributed by atoms with E-state index in [9.17, 15) is 8.78 Å². The minimum Gasteiger partial charge on any atom is -0.494 e. The third-order valence-corrected chi connectivity index (χ3v) is 2.81. The molecule has 6 heteroatoms. The van der Waals surface area contributed by atoms with Crippen LogP contribution in [0.15, 0.2) is 30.3 Å². The van der Waals surface area contributed by atoms with E-state index < -0.39 is 11.6 Å². The number of benzene rings is 2. The van der Waals surface area contributed by atoms with E-state index in [-0.39, 0.29) is 10.7 Å². The number of hydrogen-bond acceptors (Lipinski definition) is 3. The molecule has 20 heavy (non-hydrogen) atoms. The fourth-order valence-corrected chi connectivity index (χ4v) is 1.99. The van der Waals surface area contributed by atoms with Gasteiger partial charge < -0.3 is 15.8 Å². The summed E-state index contributed by atoms with van der Waals surface area (Å²) >= 11 is 5.82.